The number of para-hydroxylation sites is 1. The van der Waals surface area contributed by atoms with Gasteiger partial charge in [-0.2, -0.15) is 5.10 Å². The largest absolute Gasteiger partial charge is 0.350 e. The van der Waals surface area contributed by atoms with Crippen molar-refractivity contribution in [3.05, 3.63) is 70.2 Å². The van der Waals surface area contributed by atoms with E-state index in [0.717, 1.165) is 16.4 Å². The smallest absolute Gasteiger partial charge is 0.203 e. The molecule has 0 radical (unpaired) electrons. The lowest BCUT2D eigenvalue weighted by atomic mass is 9.98. The molecule has 0 aliphatic heterocycles. The van der Waals surface area contributed by atoms with Crippen molar-refractivity contribution in [2.45, 2.75) is 20.8 Å². The van der Waals surface area contributed by atoms with Crippen LogP contribution in [0.2, 0.25) is 0 Å². The molecule has 27 heavy (non-hydrogen) atoms. The number of aryl methyl sites for hydroxylation is 4. The molecule has 2 aromatic heterocycles. The van der Waals surface area contributed by atoms with Crippen molar-refractivity contribution in [2.75, 3.05) is 5.43 Å². The molecule has 4 nitrogen and oxygen atoms in total. The molecule has 0 atom stereocenters. The van der Waals surface area contributed by atoms with Crippen molar-refractivity contribution in [3.8, 4) is 11.3 Å². The first-order chi connectivity index (χ1) is 13.0. The molecule has 4 rings (SSSR count). The van der Waals surface area contributed by atoms with E-state index >= 15 is 0 Å². The minimum Gasteiger partial charge on any atom is -0.350 e. The normalized spacial score (nSPS) is 11.6. The second-order valence-corrected chi connectivity index (χ2v) is 7.75. The van der Waals surface area contributed by atoms with Crippen LogP contribution in [-0.2, 0) is 7.05 Å². The monoisotopic (exact) mass is 374 g/mol. The van der Waals surface area contributed by atoms with E-state index in [9.17, 15) is 0 Å². The maximum atomic E-state index is 4.72. The Balaban J connectivity index is 1.56. The van der Waals surface area contributed by atoms with E-state index in [0.29, 0.717) is 0 Å². The lowest BCUT2D eigenvalue weighted by Gasteiger charge is -2.08. The van der Waals surface area contributed by atoms with E-state index in [-0.39, 0.29) is 0 Å². The second kappa shape index (κ2) is 7.00. The third-order valence-electron chi connectivity index (χ3n) is 4.73. The second-order valence-electron chi connectivity index (χ2n) is 6.89. The summed E-state index contributed by atoms with van der Waals surface area (Å²) >= 11 is 1.57. The SMILES string of the molecule is Cc1cc(C)c(-c2csc(N/N=C\c3cn(C)c4ccccc34)n2)c(C)c1. The molecule has 2 aromatic carbocycles. The Hall–Kier alpha value is -2.92. The number of hydrogen-bond acceptors (Lipinski definition) is 4. The van der Waals surface area contributed by atoms with Gasteiger partial charge in [0, 0.05) is 40.7 Å². The van der Waals surface area contributed by atoms with Gasteiger partial charge in [-0.1, -0.05) is 35.9 Å². The highest BCUT2D eigenvalue weighted by molar-refractivity contribution is 7.14. The summed E-state index contributed by atoms with van der Waals surface area (Å²) in [6.07, 6.45) is 3.94. The van der Waals surface area contributed by atoms with Crippen LogP contribution in [0.15, 0.2) is 53.1 Å². The molecule has 0 saturated carbocycles. The number of thiazole rings is 1. The van der Waals surface area contributed by atoms with Gasteiger partial charge in [-0.05, 0) is 38.0 Å². The minimum atomic E-state index is 0.792. The Bertz CT molecular complexity index is 1130. The predicted molar refractivity (Wildman–Crippen MR) is 116 cm³/mol. The van der Waals surface area contributed by atoms with Crippen molar-refractivity contribution in [1.82, 2.24) is 9.55 Å². The van der Waals surface area contributed by atoms with E-state index < -0.39 is 0 Å². The first-order valence-corrected chi connectivity index (χ1v) is 9.78. The molecule has 2 heterocycles. The highest BCUT2D eigenvalue weighted by atomic mass is 32.1. The van der Waals surface area contributed by atoms with Crippen LogP contribution in [0.4, 0.5) is 5.13 Å². The van der Waals surface area contributed by atoms with Gasteiger partial charge >= 0.3 is 0 Å². The molecule has 5 heteroatoms. The number of fused-ring (bicyclic) bond motifs is 1. The highest BCUT2D eigenvalue weighted by Crippen LogP contribution is 2.31. The summed E-state index contributed by atoms with van der Waals surface area (Å²) in [6.45, 7) is 6.40. The molecule has 0 amide bonds. The molecular formula is C22H22N4S. The standard InChI is InChI=1S/C22H22N4S/c1-14-9-15(2)21(16(3)10-14)19-13-27-22(24-19)25-23-11-17-12-26(4)20-8-6-5-7-18(17)20/h5-13H,1-4H3,(H,24,25)/b23-11-. The number of rotatable bonds is 4. The number of hydrogen-bond donors (Lipinski definition) is 1. The number of anilines is 1. The minimum absolute atomic E-state index is 0.792. The van der Waals surface area contributed by atoms with Gasteiger partial charge in [-0.25, -0.2) is 4.98 Å². The molecule has 1 N–H and O–H groups in total. The fourth-order valence-electron chi connectivity index (χ4n) is 3.66. The summed E-state index contributed by atoms with van der Waals surface area (Å²) in [6, 6.07) is 12.7. The summed E-state index contributed by atoms with van der Waals surface area (Å²) in [7, 11) is 2.05. The summed E-state index contributed by atoms with van der Waals surface area (Å²) in [5.74, 6) is 0. The number of hydrazone groups is 1. The Morgan fingerprint density at radius 1 is 1.11 bits per heavy atom. The van der Waals surface area contributed by atoms with Crippen LogP contribution >= 0.6 is 11.3 Å². The Morgan fingerprint density at radius 3 is 2.63 bits per heavy atom. The van der Waals surface area contributed by atoms with Crippen LogP contribution in [0.1, 0.15) is 22.3 Å². The molecular weight excluding hydrogens is 352 g/mol. The van der Waals surface area contributed by atoms with Gasteiger partial charge in [0.1, 0.15) is 0 Å². The van der Waals surface area contributed by atoms with Crippen LogP contribution in [0, 0.1) is 20.8 Å². The first-order valence-electron chi connectivity index (χ1n) is 8.90. The van der Waals surface area contributed by atoms with Crippen molar-refractivity contribution < 1.29 is 0 Å². The van der Waals surface area contributed by atoms with Gasteiger partial charge in [0.15, 0.2) is 0 Å². The van der Waals surface area contributed by atoms with Gasteiger partial charge in [0.2, 0.25) is 5.13 Å². The van der Waals surface area contributed by atoms with E-state index in [4.69, 9.17) is 4.98 Å². The Labute approximate surface area is 163 Å². The predicted octanol–water partition coefficient (Wildman–Crippen LogP) is 5.67. The summed E-state index contributed by atoms with van der Waals surface area (Å²) in [5.41, 5.74) is 11.4. The van der Waals surface area contributed by atoms with Crippen LogP contribution in [0.3, 0.4) is 0 Å². The van der Waals surface area contributed by atoms with Crippen molar-refractivity contribution in [3.63, 3.8) is 0 Å². The highest BCUT2D eigenvalue weighted by Gasteiger charge is 2.10. The number of nitrogens with zero attached hydrogens (tertiary/aromatic N) is 3. The van der Waals surface area contributed by atoms with E-state index in [1.807, 2.05) is 25.4 Å². The zero-order valence-corrected chi connectivity index (χ0v) is 16.8. The molecule has 0 aliphatic rings. The van der Waals surface area contributed by atoms with E-state index in [1.54, 1.807) is 11.3 Å². The van der Waals surface area contributed by atoms with E-state index in [2.05, 4.69) is 71.7 Å². The topological polar surface area (TPSA) is 42.2 Å². The molecule has 0 bridgehead atoms. The number of benzene rings is 2. The summed E-state index contributed by atoms with van der Waals surface area (Å²) in [4.78, 5) is 4.72. The summed E-state index contributed by atoms with van der Waals surface area (Å²) < 4.78 is 2.11. The molecule has 0 spiro atoms. The summed E-state index contributed by atoms with van der Waals surface area (Å²) in [5, 5.41) is 8.47. The van der Waals surface area contributed by atoms with Gasteiger partial charge < -0.3 is 4.57 Å². The fraction of sp³-hybridized carbons (Fsp3) is 0.182. The van der Waals surface area contributed by atoms with Gasteiger partial charge in [-0.15, -0.1) is 11.3 Å². The Morgan fingerprint density at radius 2 is 1.85 bits per heavy atom. The maximum Gasteiger partial charge on any atom is 0.203 e. The Kier molecular flexibility index (Phi) is 4.54. The third-order valence-corrected chi connectivity index (χ3v) is 5.48. The van der Waals surface area contributed by atoms with Gasteiger partial charge in [-0.3, -0.25) is 5.43 Å². The lowest BCUT2D eigenvalue weighted by molar-refractivity contribution is 0.968. The zero-order valence-electron chi connectivity index (χ0n) is 15.9. The third kappa shape index (κ3) is 3.38. The van der Waals surface area contributed by atoms with Crippen molar-refractivity contribution in [2.24, 2.45) is 12.1 Å². The molecule has 136 valence electrons. The number of nitrogens with one attached hydrogen (secondary N) is 1. The van der Waals surface area contributed by atoms with Crippen molar-refractivity contribution in [1.29, 1.82) is 0 Å². The zero-order chi connectivity index (χ0) is 19.0. The maximum absolute atomic E-state index is 4.72. The quantitative estimate of drug-likeness (QED) is 0.369. The van der Waals surface area contributed by atoms with Gasteiger partial charge in [0.25, 0.3) is 0 Å². The number of aromatic nitrogens is 2. The molecule has 0 fully saturated rings. The van der Waals surface area contributed by atoms with Crippen LogP contribution < -0.4 is 5.43 Å². The van der Waals surface area contributed by atoms with Crippen LogP contribution in [-0.4, -0.2) is 15.8 Å². The molecule has 4 aromatic rings. The average Bonchev–Trinajstić information content (AvgIpc) is 3.20. The first kappa shape index (κ1) is 17.5. The van der Waals surface area contributed by atoms with Crippen molar-refractivity contribution >= 4 is 33.6 Å². The average molecular weight is 375 g/mol. The fourth-order valence-corrected chi connectivity index (χ4v) is 4.31. The molecule has 0 saturated heterocycles. The van der Waals surface area contributed by atoms with Gasteiger partial charge in [0.05, 0.1) is 11.9 Å². The van der Waals surface area contributed by atoms with E-state index in [1.165, 1.54) is 33.2 Å². The van der Waals surface area contributed by atoms with Crippen LogP contribution in [0.25, 0.3) is 22.2 Å². The van der Waals surface area contributed by atoms with Crippen LogP contribution in [0.5, 0.6) is 0 Å². The molecule has 0 unspecified atom stereocenters. The lowest BCUT2D eigenvalue weighted by Crippen LogP contribution is -1.92. The molecule has 0 aliphatic carbocycles.